The van der Waals surface area contributed by atoms with E-state index >= 15 is 0 Å². The second-order valence-corrected chi connectivity index (χ2v) is 6.58. The largest absolute Gasteiger partial charge is 0.399 e. The number of carbonyl (C=O) groups excluding carboxylic acids is 1. The van der Waals surface area contributed by atoms with E-state index in [1.165, 1.54) is 5.56 Å². The minimum atomic E-state index is -0.0127. The van der Waals surface area contributed by atoms with Crippen LogP contribution in [0.2, 0.25) is 0 Å². The second-order valence-electron chi connectivity index (χ2n) is 6.58. The van der Waals surface area contributed by atoms with Crippen molar-refractivity contribution in [3.05, 3.63) is 65.2 Å². The zero-order valence-corrected chi connectivity index (χ0v) is 14.2. The highest BCUT2D eigenvalue weighted by Gasteiger charge is 2.21. The van der Waals surface area contributed by atoms with Gasteiger partial charge in [-0.1, -0.05) is 36.4 Å². The molecule has 0 bridgehead atoms. The summed E-state index contributed by atoms with van der Waals surface area (Å²) in [5.74, 6) is -0.0127. The number of rotatable bonds is 4. The van der Waals surface area contributed by atoms with Crippen LogP contribution in [0.5, 0.6) is 0 Å². The monoisotopic (exact) mass is 323 g/mol. The highest BCUT2D eigenvalue weighted by atomic mass is 16.1. The topological polar surface area (TPSA) is 58.4 Å². The highest BCUT2D eigenvalue weighted by molar-refractivity contribution is 5.96. The zero-order chi connectivity index (χ0) is 16.9. The number of nitrogens with two attached hydrogens (primary N) is 1. The Balaban J connectivity index is 1.52. The number of amides is 1. The van der Waals surface area contributed by atoms with Gasteiger partial charge in [-0.3, -0.25) is 9.69 Å². The molecule has 3 rings (SSSR count). The predicted octanol–water partition coefficient (Wildman–Crippen LogP) is 2.97. The smallest absolute Gasteiger partial charge is 0.251 e. The molecular formula is C20H25N3O. The Labute approximate surface area is 143 Å². The summed E-state index contributed by atoms with van der Waals surface area (Å²) >= 11 is 0. The minimum absolute atomic E-state index is 0.0127. The van der Waals surface area contributed by atoms with Gasteiger partial charge >= 0.3 is 0 Å². The second kappa shape index (κ2) is 7.49. The van der Waals surface area contributed by atoms with Crippen LogP contribution in [0.4, 0.5) is 5.69 Å². The van der Waals surface area contributed by atoms with E-state index in [0.29, 0.717) is 11.3 Å². The summed E-state index contributed by atoms with van der Waals surface area (Å²) in [6, 6.07) is 16.3. The first-order chi connectivity index (χ1) is 11.6. The summed E-state index contributed by atoms with van der Waals surface area (Å²) in [6.07, 6.45) is 1.97. The normalized spacial score (nSPS) is 16.0. The number of anilines is 1. The number of carbonyl (C=O) groups is 1. The lowest BCUT2D eigenvalue weighted by atomic mass is 10.0. The molecule has 4 nitrogen and oxygen atoms in total. The first kappa shape index (κ1) is 16.5. The molecule has 3 N–H and O–H groups in total. The molecule has 1 fully saturated rings. The van der Waals surface area contributed by atoms with E-state index in [1.54, 1.807) is 6.07 Å². The van der Waals surface area contributed by atoms with Crippen LogP contribution in [0.15, 0.2) is 48.5 Å². The van der Waals surface area contributed by atoms with Crippen LogP contribution >= 0.6 is 0 Å². The first-order valence-corrected chi connectivity index (χ1v) is 8.55. The van der Waals surface area contributed by atoms with Gasteiger partial charge in [-0.15, -0.1) is 0 Å². The molecule has 1 aliphatic rings. The third-order valence-electron chi connectivity index (χ3n) is 4.68. The van der Waals surface area contributed by atoms with Gasteiger partial charge in [0.15, 0.2) is 0 Å². The lowest BCUT2D eigenvalue weighted by Crippen LogP contribution is -2.44. The van der Waals surface area contributed by atoms with Crippen LogP contribution in [0.3, 0.4) is 0 Å². The van der Waals surface area contributed by atoms with Gasteiger partial charge in [-0.2, -0.15) is 0 Å². The van der Waals surface area contributed by atoms with Crippen molar-refractivity contribution >= 4 is 11.6 Å². The maximum Gasteiger partial charge on any atom is 0.251 e. The molecule has 4 heteroatoms. The third-order valence-corrected chi connectivity index (χ3v) is 4.68. The Morgan fingerprint density at radius 2 is 1.88 bits per heavy atom. The molecule has 0 unspecified atom stereocenters. The molecule has 24 heavy (non-hydrogen) atoms. The number of nitrogens with zero attached hydrogens (tertiary/aromatic N) is 1. The van der Waals surface area contributed by atoms with Crippen LogP contribution in [-0.4, -0.2) is 29.9 Å². The minimum Gasteiger partial charge on any atom is -0.399 e. The van der Waals surface area contributed by atoms with Crippen molar-refractivity contribution in [1.82, 2.24) is 10.2 Å². The lowest BCUT2D eigenvalue weighted by molar-refractivity contribution is 0.0908. The summed E-state index contributed by atoms with van der Waals surface area (Å²) in [4.78, 5) is 14.9. The van der Waals surface area contributed by atoms with Gasteiger partial charge in [0.25, 0.3) is 5.91 Å². The van der Waals surface area contributed by atoms with E-state index < -0.39 is 0 Å². The summed E-state index contributed by atoms with van der Waals surface area (Å²) in [5, 5.41) is 3.17. The van der Waals surface area contributed by atoms with Crippen LogP contribution in [0.1, 0.15) is 34.3 Å². The molecular weight excluding hydrogens is 298 g/mol. The van der Waals surface area contributed by atoms with Gasteiger partial charge in [-0.25, -0.2) is 0 Å². The molecule has 1 aliphatic heterocycles. The van der Waals surface area contributed by atoms with Crippen LogP contribution in [0, 0.1) is 6.92 Å². The SMILES string of the molecule is Cc1ccc(N)cc1C(=O)NC1CCN(Cc2ccccc2)CC1. The molecule has 0 atom stereocenters. The molecule has 0 spiro atoms. The molecule has 1 saturated heterocycles. The van der Waals surface area contributed by atoms with Gasteiger partial charge in [0.1, 0.15) is 0 Å². The number of likely N-dealkylation sites (tertiary alicyclic amines) is 1. The number of hydrogen-bond donors (Lipinski definition) is 2. The summed E-state index contributed by atoms with van der Waals surface area (Å²) in [5.41, 5.74) is 9.42. The van der Waals surface area contributed by atoms with E-state index in [2.05, 4.69) is 34.5 Å². The Morgan fingerprint density at radius 1 is 1.17 bits per heavy atom. The van der Waals surface area contributed by atoms with Gasteiger partial charge in [0.05, 0.1) is 0 Å². The molecule has 0 radical (unpaired) electrons. The Bertz CT molecular complexity index is 691. The van der Waals surface area contributed by atoms with Crippen LogP contribution < -0.4 is 11.1 Å². The quantitative estimate of drug-likeness (QED) is 0.851. The van der Waals surface area contributed by atoms with Crippen molar-refractivity contribution in [2.24, 2.45) is 0 Å². The van der Waals surface area contributed by atoms with Crippen LogP contribution in [-0.2, 0) is 6.54 Å². The fourth-order valence-corrected chi connectivity index (χ4v) is 3.22. The molecule has 1 amide bonds. The molecule has 2 aromatic carbocycles. The summed E-state index contributed by atoms with van der Waals surface area (Å²) < 4.78 is 0. The number of hydrogen-bond acceptors (Lipinski definition) is 3. The van der Waals surface area contributed by atoms with E-state index in [4.69, 9.17) is 5.73 Å². The lowest BCUT2D eigenvalue weighted by Gasteiger charge is -2.32. The van der Waals surface area contributed by atoms with Crippen molar-refractivity contribution < 1.29 is 4.79 Å². The Morgan fingerprint density at radius 3 is 2.58 bits per heavy atom. The number of aryl methyl sites for hydroxylation is 1. The van der Waals surface area contributed by atoms with Crippen molar-refractivity contribution in [1.29, 1.82) is 0 Å². The highest BCUT2D eigenvalue weighted by Crippen LogP contribution is 2.16. The molecule has 2 aromatic rings. The molecule has 0 aliphatic carbocycles. The number of piperidine rings is 1. The Kier molecular flexibility index (Phi) is 5.16. The third kappa shape index (κ3) is 4.15. The van der Waals surface area contributed by atoms with E-state index in [9.17, 15) is 4.79 Å². The predicted molar refractivity (Wildman–Crippen MR) is 97.8 cm³/mol. The Hall–Kier alpha value is -2.33. The molecule has 0 saturated carbocycles. The van der Waals surface area contributed by atoms with Crippen molar-refractivity contribution in [3.63, 3.8) is 0 Å². The molecule has 126 valence electrons. The van der Waals surface area contributed by atoms with Gasteiger partial charge in [-0.05, 0) is 43.0 Å². The van der Waals surface area contributed by atoms with E-state index in [1.807, 2.05) is 25.1 Å². The van der Waals surface area contributed by atoms with Crippen molar-refractivity contribution in [3.8, 4) is 0 Å². The van der Waals surface area contributed by atoms with Gasteiger partial charge in [0.2, 0.25) is 0 Å². The first-order valence-electron chi connectivity index (χ1n) is 8.55. The summed E-state index contributed by atoms with van der Waals surface area (Å²) in [6.45, 7) is 4.94. The van der Waals surface area contributed by atoms with Crippen molar-refractivity contribution in [2.45, 2.75) is 32.4 Å². The maximum atomic E-state index is 12.5. The van der Waals surface area contributed by atoms with Gasteiger partial charge in [0, 0.05) is 36.9 Å². The maximum absolute atomic E-state index is 12.5. The number of nitrogens with one attached hydrogen (secondary N) is 1. The van der Waals surface area contributed by atoms with Crippen LogP contribution in [0.25, 0.3) is 0 Å². The number of benzene rings is 2. The summed E-state index contributed by atoms with van der Waals surface area (Å²) in [7, 11) is 0. The molecule has 0 aromatic heterocycles. The molecule has 1 heterocycles. The van der Waals surface area contributed by atoms with E-state index in [0.717, 1.165) is 38.0 Å². The van der Waals surface area contributed by atoms with Crippen molar-refractivity contribution in [2.75, 3.05) is 18.8 Å². The fraction of sp³-hybridized carbons (Fsp3) is 0.350. The van der Waals surface area contributed by atoms with Gasteiger partial charge < -0.3 is 11.1 Å². The average Bonchev–Trinajstić information content (AvgIpc) is 2.59. The fourth-order valence-electron chi connectivity index (χ4n) is 3.22. The standard InChI is InChI=1S/C20H25N3O/c1-15-7-8-17(21)13-19(15)20(24)22-18-9-11-23(12-10-18)14-16-5-3-2-4-6-16/h2-8,13,18H,9-12,14,21H2,1H3,(H,22,24). The zero-order valence-electron chi connectivity index (χ0n) is 14.2. The average molecular weight is 323 g/mol. The van der Waals surface area contributed by atoms with E-state index in [-0.39, 0.29) is 11.9 Å². The number of nitrogen functional groups attached to an aromatic ring is 1.